The van der Waals surface area contributed by atoms with Crippen molar-refractivity contribution >= 4 is 0 Å². The molecule has 0 atom stereocenters. The van der Waals surface area contributed by atoms with E-state index in [1.807, 2.05) is 26.0 Å². The van der Waals surface area contributed by atoms with Crippen LogP contribution in [0.2, 0.25) is 0 Å². The van der Waals surface area contributed by atoms with Gasteiger partial charge >= 0.3 is 0 Å². The summed E-state index contributed by atoms with van der Waals surface area (Å²) in [7, 11) is 0. The Kier molecular flexibility index (Phi) is 7.80. The Bertz CT molecular complexity index is 603. The quantitative estimate of drug-likeness (QED) is 0.645. The Balaban J connectivity index is 1.72. The van der Waals surface area contributed by atoms with Crippen LogP contribution in [0.1, 0.15) is 45.2 Å². The van der Waals surface area contributed by atoms with E-state index in [4.69, 9.17) is 9.47 Å². The second-order valence-corrected chi connectivity index (χ2v) is 7.09. The molecule has 3 heteroatoms. The van der Waals surface area contributed by atoms with E-state index in [0.29, 0.717) is 5.92 Å². The summed E-state index contributed by atoms with van der Waals surface area (Å²) in [5, 5.41) is 3.47. The number of benzene rings is 2. The van der Waals surface area contributed by atoms with Gasteiger partial charge in [0.1, 0.15) is 11.5 Å². The van der Waals surface area contributed by atoms with E-state index >= 15 is 0 Å². The summed E-state index contributed by atoms with van der Waals surface area (Å²) < 4.78 is 11.4. The zero-order valence-corrected chi connectivity index (χ0v) is 15.9. The largest absolute Gasteiger partial charge is 0.494 e. The van der Waals surface area contributed by atoms with Crippen LogP contribution in [0.3, 0.4) is 0 Å². The first-order valence-corrected chi connectivity index (χ1v) is 9.21. The number of hydrogen-bond acceptors (Lipinski definition) is 3. The maximum Gasteiger partial charge on any atom is 0.119 e. The fourth-order valence-electron chi connectivity index (χ4n) is 2.43. The minimum Gasteiger partial charge on any atom is -0.494 e. The zero-order chi connectivity index (χ0) is 18.1. The molecule has 0 bridgehead atoms. The van der Waals surface area contributed by atoms with Gasteiger partial charge in [0.05, 0.1) is 12.7 Å². The van der Waals surface area contributed by atoms with Crippen molar-refractivity contribution in [1.29, 1.82) is 0 Å². The van der Waals surface area contributed by atoms with Gasteiger partial charge in [-0.3, -0.25) is 0 Å². The van der Waals surface area contributed by atoms with Crippen LogP contribution in [-0.2, 0) is 13.1 Å². The molecule has 0 aliphatic carbocycles. The minimum atomic E-state index is 0.210. The highest BCUT2D eigenvalue weighted by atomic mass is 16.5. The predicted molar refractivity (Wildman–Crippen MR) is 104 cm³/mol. The van der Waals surface area contributed by atoms with Gasteiger partial charge in [0.2, 0.25) is 0 Å². The van der Waals surface area contributed by atoms with Gasteiger partial charge < -0.3 is 14.8 Å². The maximum absolute atomic E-state index is 5.75. The van der Waals surface area contributed by atoms with Gasteiger partial charge in [-0.15, -0.1) is 0 Å². The Labute approximate surface area is 152 Å². The van der Waals surface area contributed by atoms with Gasteiger partial charge in [-0.1, -0.05) is 38.1 Å². The second-order valence-electron chi connectivity index (χ2n) is 7.09. The zero-order valence-electron chi connectivity index (χ0n) is 15.9. The smallest absolute Gasteiger partial charge is 0.119 e. The fourth-order valence-corrected chi connectivity index (χ4v) is 2.43. The van der Waals surface area contributed by atoms with Gasteiger partial charge in [0, 0.05) is 13.1 Å². The van der Waals surface area contributed by atoms with E-state index in [2.05, 4.69) is 55.6 Å². The predicted octanol–water partition coefficient (Wildman–Crippen LogP) is 5.19. The third kappa shape index (κ3) is 7.61. The van der Waals surface area contributed by atoms with E-state index < -0.39 is 0 Å². The van der Waals surface area contributed by atoms with E-state index in [9.17, 15) is 0 Å². The highest BCUT2D eigenvalue weighted by Crippen LogP contribution is 2.15. The molecule has 2 aromatic rings. The molecule has 3 nitrogen and oxygen atoms in total. The monoisotopic (exact) mass is 341 g/mol. The summed E-state index contributed by atoms with van der Waals surface area (Å²) in [6, 6.07) is 16.6. The third-order valence-corrected chi connectivity index (χ3v) is 3.84. The van der Waals surface area contributed by atoms with E-state index in [0.717, 1.165) is 37.6 Å². The van der Waals surface area contributed by atoms with Crippen LogP contribution in [0.15, 0.2) is 48.5 Å². The normalized spacial score (nSPS) is 11.1. The lowest BCUT2D eigenvalue weighted by atomic mass is 10.1. The van der Waals surface area contributed by atoms with E-state index in [1.165, 1.54) is 11.1 Å². The van der Waals surface area contributed by atoms with Crippen LogP contribution in [0, 0.1) is 5.92 Å². The lowest BCUT2D eigenvalue weighted by Crippen LogP contribution is -2.12. The van der Waals surface area contributed by atoms with Gasteiger partial charge in [0.15, 0.2) is 0 Å². The average Bonchev–Trinajstić information content (AvgIpc) is 2.57. The first kappa shape index (κ1) is 19.3. The topological polar surface area (TPSA) is 30.5 Å². The van der Waals surface area contributed by atoms with Crippen molar-refractivity contribution in [2.45, 2.75) is 53.3 Å². The molecule has 2 aromatic carbocycles. The molecule has 136 valence electrons. The van der Waals surface area contributed by atoms with Crippen molar-refractivity contribution < 1.29 is 9.47 Å². The molecule has 0 unspecified atom stereocenters. The van der Waals surface area contributed by atoms with Crippen molar-refractivity contribution in [3.8, 4) is 11.5 Å². The third-order valence-electron chi connectivity index (χ3n) is 3.84. The maximum atomic E-state index is 5.75. The van der Waals surface area contributed by atoms with Crippen molar-refractivity contribution in [3.63, 3.8) is 0 Å². The first-order chi connectivity index (χ1) is 12.0. The Morgan fingerprint density at radius 2 is 1.28 bits per heavy atom. The van der Waals surface area contributed by atoms with Crippen LogP contribution in [0.25, 0.3) is 0 Å². The lowest BCUT2D eigenvalue weighted by Gasteiger charge is -2.11. The summed E-state index contributed by atoms with van der Waals surface area (Å²) in [6.07, 6.45) is 1.30. The summed E-state index contributed by atoms with van der Waals surface area (Å²) in [6.45, 7) is 11.0. The SMILES string of the molecule is CC(C)CCOc1ccc(CNCc2ccc(OC(C)C)cc2)cc1. The first-order valence-electron chi connectivity index (χ1n) is 9.21. The van der Waals surface area contributed by atoms with Gasteiger partial charge in [-0.25, -0.2) is 0 Å². The van der Waals surface area contributed by atoms with Crippen LogP contribution in [0.5, 0.6) is 11.5 Å². The molecule has 0 aliphatic heterocycles. The van der Waals surface area contributed by atoms with E-state index in [-0.39, 0.29) is 6.10 Å². The summed E-state index contributed by atoms with van der Waals surface area (Å²) >= 11 is 0. The molecular formula is C22H31NO2. The molecule has 0 saturated heterocycles. The Morgan fingerprint density at radius 3 is 1.76 bits per heavy atom. The second kappa shape index (κ2) is 10.1. The van der Waals surface area contributed by atoms with E-state index in [1.54, 1.807) is 0 Å². The number of ether oxygens (including phenoxy) is 2. The number of rotatable bonds is 10. The molecule has 0 aliphatic rings. The molecule has 1 N–H and O–H groups in total. The van der Waals surface area contributed by atoms with Crippen molar-refractivity contribution in [3.05, 3.63) is 59.7 Å². The highest BCUT2D eigenvalue weighted by Gasteiger charge is 2.00. The number of nitrogens with one attached hydrogen (secondary N) is 1. The number of hydrogen-bond donors (Lipinski definition) is 1. The minimum absolute atomic E-state index is 0.210. The molecule has 0 spiro atoms. The van der Waals surface area contributed by atoms with Crippen LogP contribution in [-0.4, -0.2) is 12.7 Å². The van der Waals surface area contributed by atoms with Crippen LogP contribution < -0.4 is 14.8 Å². The standard InChI is InChI=1S/C22H31NO2/c1-17(2)13-14-24-21-9-5-19(6-10-21)15-23-16-20-7-11-22(12-8-20)25-18(3)4/h5-12,17-18,23H,13-16H2,1-4H3. The summed E-state index contributed by atoms with van der Waals surface area (Å²) in [4.78, 5) is 0. The molecule has 2 rings (SSSR count). The van der Waals surface area contributed by atoms with Gasteiger partial charge in [0.25, 0.3) is 0 Å². The molecule has 0 fully saturated rings. The van der Waals surface area contributed by atoms with Gasteiger partial charge in [-0.05, 0) is 61.6 Å². The molecule has 0 heterocycles. The Hall–Kier alpha value is -2.00. The molecule has 25 heavy (non-hydrogen) atoms. The fraction of sp³-hybridized carbons (Fsp3) is 0.455. The lowest BCUT2D eigenvalue weighted by molar-refractivity contribution is 0.242. The van der Waals surface area contributed by atoms with Gasteiger partial charge in [-0.2, -0.15) is 0 Å². The summed E-state index contributed by atoms with van der Waals surface area (Å²) in [5.41, 5.74) is 2.51. The molecular weight excluding hydrogens is 310 g/mol. The van der Waals surface area contributed by atoms with Crippen molar-refractivity contribution in [2.24, 2.45) is 5.92 Å². The van der Waals surface area contributed by atoms with Crippen molar-refractivity contribution in [2.75, 3.05) is 6.61 Å². The Morgan fingerprint density at radius 1 is 0.760 bits per heavy atom. The van der Waals surface area contributed by atoms with Crippen molar-refractivity contribution in [1.82, 2.24) is 5.32 Å². The highest BCUT2D eigenvalue weighted by molar-refractivity contribution is 5.28. The summed E-state index contributed by atoms with van der Waals surface area (Å²) in [5.74, 6) is 2.55. The molecule has 0 aromatic heterocycles. The molecule has 0 saturated carbocycles. The average molecular weight is 341 g/mol. The van der Waals surface area contributed by atoms with Crippen LogP contribution >= 0.6 is 0 Å². The molecule has 0 radical (unpaired) electrons. The van der Waals surface area contributed by atoms with Crippen LogP contribution in [0.4, 0.5) is 0 Å². The molecule has 0 amide bonds.